The van der Waals surface area contributed by atoms with Crippen LogP contribution in [0.3, 0.4) is 0 Å². The molecular weight excluding hydrogens is 134 g/mol. The van der Waals surface area contributed by atoms with Crippen LogP contribution in [0.4, 0.5) is 0 Å². The van der Waals surface area contributed by atoms with Gasteiger partial charge in [0.15, 0.2) is 0 Å². The first-order chi connectivity index (χ1) is 4.70. The average Bonchev–Trinajstić information content (AvgIpc) is 1.88. The zero-order valence-electron chi connectivity index (χ0n) is 6.05. The van der Waals surface area contributed by atoms with E-state index in [0.29, 0.717) is 0 Å². The van der Waals surface area contributed by atoms with E-state index in [-0.39, 0.29) is 12.6 Å². The number of nitrogens with one attached hydrogen (secondary N) is 1. The highest BCUT2D eigenvalue weighted by atomic mass is 16.6. The number of nitrogens with two attached hydrogens (primary N) is 1. The number of amidine groups is 1. The summed E-state index contributed by atoms with van der Waals surface area (Å²) in [6.07, 6.45) is 0. The number of carbonyl (C=O) groups is 1. The van der Waals surface area contributed by atoms with Crippen LogP contribution in [-0.2, 0) is 9.53 Å². The van der Waals surface area contributed by atoms with E-state index in [2.05, 4.69) is 15.0 Å². The van der Waals surface area contributed by atoms with Gasteiger partial charge in [-0.15, -0.1) is 0 Å². The van der Waals surface area contributed by atoms with Gasteiger partial charge in [-0.25, -0.2) is 4.99 Å². The maximum Gasteiger partial charge on any atom is 0.327 e. The minimum Gasteiger partial charge on any atom is -0.392 e. The molecule has 0 heterocycles. The Hall–Kier alpha value is -1.10. The van der Waals surface area contributed by atoms with Gasteiger partial charge in [0, 0.05) is 7.05 Å². The number of hydrogen-bond donors (Lipinski definition) is 2. The normalized spacial score (nSPS) is 11.2. The van der Waals surface area contributed by atoms with E-state index in [9.17, 15) is 4.79 Å². The molecule has 0 aromatic heterocycles. The zero-order valence-corrected chi connectivity index (χ0v) is 6.05. The summed E-state index contributed by atoms with van der Waals surface area (Å²) < 4.78 is 4.47. The molecule has 5 heteroatoms. The Kier molecular flexibility index (Phi) is 4.23. The second-order valence-corrected chi connectivity index (χ2v) is 1.57. The maximum absolute atomic E-state index is 10.6. The highest BCUT2D eigenvalue weighted by Crippen LogP contribution is 1.74. The SMILES string of the molecule is CN=C(N)OC(=O)CNC. The van der Waals surface area contributed by atoms with Crippen LogP contribution in [0.1, 0.15) is 0 Å². The second kappa shape index (κ2) is 4.75. The summed E-state index contributed by atoms with van der Waals surface area (Å²) in [5.74, 6) is -0.439. The van der Waals surface area contributed by atoms with E-state index >= 15 is 0 Å². The fourth-order valence-corrected chi connectivity index (χ4v) is 0.343. The topological polar surface area (TPSA) is 76.7 Å². The van der Waals surface area contributed by atoms with Crippen molar-refractivity contribution in [2.75, 3.05) is 20.6 Å². The number of carbonyl (C=O) groups excluding carboxylic acids is 1. The summed E-state index contributed by atoms with van der Waals surface area (Å²) >= 11 is 0. The van der Waals surface area contributed by atoms with Gasteiger partial charge in [-0.3, -0.25) is 4.79 Å². The van der Waals surface area contributed by atoms with Crippen molar-refractivity contribution in [3.05, 3.63) is 0 Å². The molecule has 0 saturated heterocycles. The number of aliphatic imine (C=N–C) groups is 1. The fraction of sp³-hybridized carbons (Fsp3) is 0.600. The monoisotopic (exact) mass is 145 g/mol. The van der Waals surface area contributed by atoms with Crippen molar-refractivity contribution < 1.29 is 9.53 Å². The van der Waals surface area contributed by atoms with Gasteiger partial charge in [0.25, 0.3) is 6.02 Å². The Labute approximate surface area is 59.3 Å². The molecule has 0 aliphatic heterocycles. The minimum absolute atomic E-state index is 0.111. The highest BCUT2D eigenvalue weighted by molar-refractivity contribution is 5.87. The third kappa shape index (κ3) is 3.85. The van der Waals surface area contributed by atoms with E-state index in [0.717, 1.165) is 0 Å². The van der Waals surface area contributed by atoms with Crippen LogP contribution in [0.2, 0.25) is 0 Å². The van der Waals surface area contributed by atoms with Gasteiger partial charge < -0.3 is 15.8 Å². The van der Waals surface area contributed by atoms with Crippen molar-refractivity contribution in [2.24, 2.45) is 10.7 Å². The highest BCUT2D eigenvalue weighted by Gasteiger charge is 2.01. The molecule has 5 nitrogen and oxygen atoms in total. The lowest BCUT2D eigenvalue weighted by Gasteiger charge is -1.99. The zero-order chi connectivity index (χ0) is 7.98. The molecule has 0 aromatic carbocycles. The molecular formula is C5H11N3O2. The van der Waals surface area contributed by atoms with Crippen LogP contribution in [-0.4, -0.2) is 32.6 Å². The number of likely N-dealkylation sites (N-methyl/N-ethyl adjacent to an activating group) is 1. The summed E-state index contributed by atoms with van der Waals surface area (Å²) in [4.78, 5) is 14.0. The molecule has 0 aliphatic rings. The molecule has 0 amide bonds. The smallest absolute Gasteiger partial charge is 0.327 e. The number of ether oxygens (including phenoxy) is 1. The molecule has 0 radical (unpaired) electrons. The summed E-state index contributed by atoms with van der Waals surface area (Å²) in [5.41, 5.74) is 5.08. The van der Waals surface area contributed by atoms with Gasteiger partial charge in [0.1, 0.15) is 0 Å². The molecule has 58 valence electrons. The van der Waals surface area contributed by atoms with Gasteiger partial charge in [-0.1, -0.05) is 0 Å². The van der Waals surface area contributed by atoms with Gasteiger partial charge in [-0.2, -0.15) is 0 Å². The first-order valence-corrected chi connectivity index (χ1v) is 2.78. The molecule has 0 aromatic rings. The molecule has 0 fully saturated rings. The van der Waals surface area contributed by atoms with Crippen molar-refractivity contribution in [2.45, 2.75) is 0 Å². The molecule has 0 rings (SSSR count). The molecule has 3 N–H and O–H groups in total. The van der Waals surface area contributed by atoms with E-state index in [4.69, 9.17) is 5.73 Å². The summed E-state index contributed by atoms with van der Waals surface area (Å²) in [6, 6.07) is -0.111. The van der Waals surface area contributed by atoms with Crippen molar-refractivity contribution >= 4 is 12.0 Å². The largest absolute Gasteiger partial charge is 0.392 e. The maximum atomic E-state index is 10.6. The van der Waals surface area contributed by atoms with Crippen molar-refractivity contribution in [3.8, 4) is 0 Å². The fourth-order valence-electron chi connectivity index (χ4n) is 0.343. The predicted molar refractivity (Wildman–Crippen MR) is 37.6 cm³/mol. The van der Waals surface area contributed by atoms with Gasteiger partial charge >= 0.3 is 5.97 Å². The molecule has 0 saturated carbocycles. The molecule has 10 heavy (non-hydrogen) atoms. The van der Waals surface area contributed by atoms with E-state index in [1.54, 1.807) is 7.05 Å². The third-order valence-corrected chi connectivity index (χ3v) is 0.760. The van der Waals surface area contributed by atoms with E-state index < -0.39 is 5.97 Å². The second-order valence-electron chi connectivity index (χ2n) is 1.57. The molecule has 0 aliphatic carbocycles. The van der Waals surface area contributed by atoms with Crippen molar-refractivity contribution in [1.29, 1.82) is 0 Å². The van der Waals surface area contributed by atoms with Crippen LogP contribution >= 0.6 is 0 Å². The first-order valence-electron chi connectivity index (χ1n) is 2.78. The van der Waals surface area contributed by atoms with Crippen LogP contribution in [0.15, 0.2) is 4.99 Å². The molecule has 0 spiro atoms. The Morgan fingerprint density at radius 1 is 1.80 bits per heavy atom. The Bertz CT molecular complexity index is 144. The summed E-state index contributed by atoms with van der Waals surface area (Å²) in [7, 11) is 3.09. The Morgan fingerprint density at radius 2 is 2.40 bits per heavy atom. The molecule has 0 bridgehead atoms. The van der Waals surface area contributed by atoms with E-state index in [1.807, 2.05) is 0 Å². The summed E-state index contributed by atoms with van der Waals surface area (Å²) in [5, 5.41) is 2.61. The van der Waals surface area contributed by atoms with Gasteiger partial charge in [0.2, 0.25) is 0 Å². The van der Waals surface area contributed by atoms with Crippen LogP contribution in [0, 0.1) is 0 Å². The molecule has 0 unspecified atom stereocenters. The predicted octanol–water partition coefficient (Wildman–Crippen LogP) is -1.31. The van der Waals surface area contributed by atoms with Crippen LogP contribution in [0.25, 0.3) is 0 Å². The Balaban J connectivity index is 3.58. The standard InChI is InChI=1S/C5H11N3O2/c1-7-3-4(9)10-5(6)8-2/h7H,3H2,1-2H3,(H2,6,8). The van der Waals surface area contributed by atoms with Crippen LogP contribution in [0.5, 0.6) is 0 Å². The Morgan fingerprint density at radius 3 is 2.80 bits per heavy atom. The average molecular weight is 145 g/mol. The van der Waals surface area contributed by atoms with Crippen LogP contribution < -0.4 is 11.1 Å². The van der Waals surface area contributed by atoms with Gasteiger partial charge in [0.05, 0.1) is 6.54 Å². The first kappa shape index (κ1) is 8.90. The lowest BCUT2D eigenvalue weighted by Crippen LogP contribution is -2.27. The third-order valence-electron chi connectivity index (χ3n) is 0.760. The van der Waals surface area contributed by atoms with Gasteiger partial charge in [-0.05, 0) is 7.05 Å². The lowest BCUT2D eigenvalue weighted by molar-refractivity contribution is -0.134. The number of hydrogen-bond acceptors (Lipinski definition) is 4. The number of esters is 1. The quantitative estimate of drug-likeness (QED) is 0.287. The van der Waals surface area contributed by atoms with Crippen molar-refractivity contribution in [3.63, 3.8) is 0 Å². The number of nitrogens with zero attached hydrogens (tertiary/aromatic N) is 1. The number of rotatable bonds is 2. The summed E-state index contributed by atoms with van der Waals surface area (Å²) in [6.45, 7) is 0.135. The van der Waals surface area contributed by atoms with E-state index in [1.165, 1.54) is 7.05 Å². The van der Waals surface area contributed by atoms with Crippen molar-refractivity contribution in [1.82, 2.24) is 5.32 Å². The lowest BCUT2D eigenvalue weighted by atomic mass is 10.7. The molecule has 0 atom stereocenters. The minimum atomic E-state index is -0.439.